The van der Waals surface area contributed by atoms with Crippen LogP contribution in [0.5, 0.6) is 0 Å². The molecule has 1 aliphatic rings. The first-order valence-electron chi connectivity index (χ1n) is 4.92. The van der Waals surface area contributed by atoms with Crippen LogP contribution in [0, 0.1) is 5.92 Å². The number of carbonyl (C=O) groups is 2. The Morgan fingerprint density at radius 2 is 2.27 bits per heavy atom. The molecule has 6 heteroatoms. The Morgan fingerprint density at radius 3 is 2.80 bits per heavy atom. The number of amides is 1. The van der Waals surface area contributed by atoms with Gasteiger partial charge < -0.3 is 20.9 Å². The highest BCUT2D eigenvalue weighted by Crippen LogP contribution is 2.13. The number of carboxylic acid groups (broad SMARTS) is 1. The number of aliphatic carboxylic acids is 1. The number of hydrogen-bond donors (Lipinski definition) is 3. The van der Waals surface area contributed by atoms with E-state index in [4.69, 9.17) is 15.6 Å². The minimum Gasteiger partial charge on any atom is -0.481 e. The number of nitrogens with two attached hydrogens (primary N) is 1. The van der Waals surface area contributed by atoms with Crippen LogP contribution in [-0.2, 0) is 14.3 Å². The second kappa shape index (κ2) is 5.09. The van der Waals surface area contributed by atoms with Crippen LogP contribution in [0.25, 0.3) is 0 Å². The molecule has 1 saturated heterocycles. The summed E-state index contributed by atoms with van der Waals surface area (Å²) in [6.45, 7) is 2.17. The molecule has 86 valence electrons. The van der Waals surface area contributed by atoms with E-state index in [2.05, 4.69) is 5.32 Å². The highest BCUT2D eigenvalue weighted by atomic mass is 16.5. The summed E-state index contributed by atoms with van der Waals surface area (Å²) in [6, 6.07) is -1.05. The van der Waals surface area contributed by atoms with Crippen molar-refractivity contribution in [1.82, 2.24) is 5.32 Å². The van der Waals surface area contributed by atoms with Gasteiger partial charge in [0.05, 0.1) is 25.3 Å². The van der Waals surface area contributed by atoms with E-state index in [1.54, 1.807) is 6.92 Å². The van der Waals surface area contributed by atoms with Gasteiger partial charge in [-0.2, -0.15) is 0 Å². The minimum absolute atomic E-state index is 0.141. The zero-order valence-electron chi connectivity index (χ0n) is 8.60. The third kappa shape index (κ3) is 2.90. The van der Waals surface area contributed by atoms with Gasteiger partial charge >= 0.3 is 5.97 Å². The molecule has 3 atom stereocenters. The van der Waals surface area contributed by atoms with Crippen LogP contribution in [0.3, 0.4) is 0 Å². The van der Waals surface area contributed by atoms with Gasteiger partial charge in [-0.05, 0) is 6.42 Å². The van der Waals surface area contributed by atoms with Crippen molar-refractivity contribution in [1.29, 1.82) is 0 Å². The molecule has 6 nitrogen and oxygen atoms in total. The van der Waals surface area contributed by atoms with Gasteiger partial charge in [-0.15, -0.1) is 0 Å². The fraction of sp³-hybridized carbons (Fsp3) is 0.778. The lowest BCUT2D eigenvalue weighted by Crippen LogP contribution is -2.49. The molecule has 0 aromatic rings. The molecule has 1 rings (SSSR count). The molecule has 0 aliphatic carbocycles. The average Bonchev–Trinajstić information content (AvgIpc) is 2.64. The predicted molar refractivity (Wildman–Crippen MR) is 52.1 cm³/mol. The normalized spacial score (nSPS) is 27.3. The lowest BCUT2D eigenvalue weighted by atomic mass is 10.0. The first-order chi connectivity index (χ1) is 7.06. The largest absolute Gasteiger partial charge is 0.481 e. The molecule has 0 aromatic carbocycles. The second-order valence-corrected chi connectivity index (χ2v) is 3.61. The smallest absolute Gasteiger partial charge is 0.311 e. The lowest BCUT2D eigenvalue weighted by Gasteiger charge is -2.17. The van der Waals surface area contributed by atoms with Crippen molar-refractivity contribution in [3.8, 4) is 0 Å². The molecule has 0 radical (unpaired) electrons. The van der Waals surface area contributed by atoms with Gasteiger partial charge in [0.15, 0.2) is 0 Å². The maximum atomic E-state index is 11.4. The molecule has 4 N–H and O–H groups in total. The monoisotopic (exact) mass is 216 g/mol. The Labute approximate surface area is 87.8 Å². The molecule has 1 fully saturated rings. The zero-order valence-corrected chi connectivity index (χ0v) is 8.60. The molecular weight excluding hydrogens is 200 g/mol. The van der Waals surface area contributed by atoms with Gasteiger partial charge in [0.1, 0.15) is 5.92 Å². The number of nitrogens with one attached hydrogen (secondary N) is 1. The molecule has 0 aromatic heterocycles. The van der Waals surface area contributed by atoms with E-state index < -0.39 is 24.0 Å². The van der Waals surface area contributed by atoms with Crippen molar-refractivity contribution in [2.45, 2.75) is 25.4 Å². The van der Waals surface area contributed by atoms with Crippen LogP contribution in [-0.4, -0.2) is 42.3 Å². The molecule has 1 aliphatic heterocycles. The molecule has 2 unspecified atom stereocenters. The standard InChI is InChI=1S/C9H16N2O4/c1-2-6(10)8(12)11-7-4-15-3-5(7)9(13)14/h5-7H,2-4,10H2,1H3,(H,11,12)(H,13,14)/t5?,6-,7?/m0/s1. The first kappa shape index (κ1) is 11.9. The summed E-state index contributed by atoms with van der Waals surface area (Å²) in [5.74, 6) is -1.94. The van der Waals surface area contributed by atoms with E-state index in [-0.39, 0.29) is 19.1 Å². The SMILES string of the molecule is CC[C@H](N)C(=O)NC1COCC1C(=O)O. The Kier molecular flexibility index (Phi) is 4.05. The van der Waals surface area contributed by atoms with Crippen LogP contribution >= 0.6 is 0 Å². The summed E-state index contributed by atoms with van der Waals surface area (Å²) in [6.07, 6.45) is 0.525. The molecule has 15 heavy (non-hydrogen) atoms. The minimum atomic E-state index is -0.956. The first-order valence-corrected chi connectivity index (χ1v) is 4.92. The second-order valence-electron chi connectivity index (χ2n) is 3.61. The van der Waals surface area contributed by atoms with Gasteiger partial charge in [-0.1, -0.05) is 6.92 Å². The number of hydrogen-bond acceptors (Lipinski definition) is 4. The lowest BCUT2D eigenvalue weighted by molar-refractivity contribution is -0.142. The summed E-state index contributed by atoms with van der Waals surface area (Å²) in [7, 11) is 0. The van der Waals surface area contributed by atoms with E-state index in [0.29, 0.717) is 6.42 Å². The third-order valence-electron chi connectivity index (χ3n) is 2.50. The van der Waals surface area contributed by atoms with E-state index in [1.807, 2.05) is 0 Å². The maximum Gasteiger partial charge on any atom is 0.311 e. The predicted octanol–water partition coefficient (Wildman–Crippen LogP) is -1.06. The highest BCUT2D eigenvalue weighted by Gasteiger charge is 2.35. The van der Waals surface area contributed by atoms with Crippen molar-refractivity contribution in [3.05, 3.63) is 0 Å². The number of ether oxygens (including phenoxy) is 1. The highest BCUT2D eigenvalue weighted by molar-refractivity contribution is 5.82. The molecular formula is C9H16N2O4. The Morgan fingerprint density at radius 1 is 1.60 bits per heavy atom. The van der Waals surface area contributed by atoms with Crippen molar-refractivity contribution >= 4 is 11.9 Å². The fourth-order valence-corrected chi connectivity index (χ4v) is 1.42. The van der Waals surface area contributed by atoms with Crippen LogP contribution in [0.15, 0.2) is 0 Å². The maximum absolute atomic E-state index is 11.4. The third-order valence-corrected chi connectivity index (χ3v) is 2.50. The summed E-state index contributed by atoms with van der Waals surface area (Å²) in [5, 5.41) is 11.4. The van der Waals surface area contributed by atoms with Crippen LogP contribution in [0.1, 0.15) is 13.3 Å². The van der Waals surface area contributed by atoms with Gasteiger partial charge in [0.2, 0.25) is 5.91 Å². The Bertz CT molecular complexity index is 256. The quantitative estimate of drug-likeness (QED) is 0.556. The van der Waals surface area contributed by atoms with Gasteiger partial charge in [0, 0.05) is 0 Å². The van der Waals surface area contributed by atoms with Crippen molar-refractivity contribution in [2.75, 3.05) is 13.2 Å². The molecule has 0 spiro atoms. The van der Waals surface area contributed by atoms with E-state index >= 15 is 0 Å². The van der Waals surface area contributed by atoms with Crippen molar-refractivity contribution in [3.63, 3.8) is 0 Å². The number of rotatable bonds is 4. The van der Waals surface area contributed by atoms with Gasteiger partial charge in [0.25, 0.3) is 0 Å². The van der Waals surface area contributed by atoms with Crippen LogP contribution in [0.2, 0.25) is 0 Å². The van der Waals surface area contributed by atoms with E-state index in [0.717, 1.165) is 0 Å². The molecule has 1 heterocycles. The summed E-state index contributed by atoms with van der Waals surface area (Å²) in [4.78, 5) is 22.2. The van der Waals surface area contributed by atoms with E-state index in [1.165, 1.54) is 0 Å². The van der Waals surface area contributed by atoms with Crippen molar-refractivity contribution in [2.24, 2.45) is 11.7 Å². The Hall–Kier alpha value is -1.14. The molecule has 0 bridgehead atoms. The van der Waals surface area contributed by atoms with Crippen molar-refractivity contribution < 1.29 is 19.4 Å². The molecule has 0 saturated carbocycles. The molecule has 1 amide bonds. The van der Waals surface area contributed by atoms with Crippen LogP contribution in [0.4, 0.5) is 0 Å². The Balaban J connectivity index is 2.50. The zero-order chi connectivity index (χ0) is 11.4. The van der Waals surface area contributed by atoms with E-state index in [9.17, 15) is 9.59 Å². The summed E-state index contributed by atoms with van der Waals surface area (Å²) in [5.41, 5.74) is 5.52. The average molecular weight is 216 g/mol. The number of carbonyl (C=O) groups excluding carboxylic acids is 1. The summed E-state index contributed by atoms with van der Waals surface area (Å²) < 4.78 is 5.01. The van der Waals surface area contributed by atoms with Gasteiger partial charge in [-0.3, -0.25) is 9.59 Å². The topological polar surface area (TPSA) is 102 Å². The summed E-state index contributed by atoms with van der Waals surface area (Å²) >= 11 is 0. The number of carboxylic acids is 1. The van der Waals surface area contributed by atoms with Crippen LogP contribution < -0.4 is 11.1 Å². The fourth-order valence-electron chi connectivity index (χ4n) is 1.42. The van der Waals surface area contributed by atoms with Gasteiger partial charge in [-0.25, -0.2) is 0 Å².